The van der Waals surface area contributed by atoms with Crippen molar-refractivity contribution < 1.29 is 9.59 Å². The summed E-state index contributed by atoms with van der Waals surface area (Å²) in [5, 5.41) is 4.85. The van der Waals surface area contributed by atoms with Gasteiger partial charge in [0.05, 0.1) is 12.5 Å². The number of rotatable bonds is 4. The number of carbonyl (C=O) groups excluding carboxylic acids is 2. The van der Waals surface area contributed by atoms with Gasteiger partial charge in [-0.3, -0.25) is 9.59 Å². The number of hydrogen-bond acceptors (Lipinski definition) is 4. The largest absolute Gasteiger partial charge is 0.348 e. The molecule has 0 unspecified atom stereocenters. The van der Waals surface area contributed by atoms with E-state index in [9.17, 15) is 9.59 Å². The van der Waals surface area contributed by atoms with Crippen LogP contribution in [0.15, 0.2) is 17.5 Å². The Morgan fingerprint density at radius 2 is 2.24 bits per heavy atom. The van der Waals surface area contributed by atoms with Gasteiger partial charge in [-0.2, -0.15) is 0 Å². The zero-order valence-corrected chi connectivity index (χ0v) is 13.7. The highest BCUT2D eigenvalue weighted by Gasteiger charge is 2.28. The molecule has 1 aromatic heterocycles. The number of likely N-dealkylation sites (N-methyl/N-ethyl adjacent to an activating group) is 1. The molecule has 0 spiro atoms. The van der Waals surface area contributed by atoms with Crippen molar-refractivity contribution in [3.8, 4) is 0 Å². The lowest BCUT2D eigenvalue weighted by Gasteiger charge is -2.38. The molecule has 116 valence electrons. The van der Waals surface area contributed by atoms with Gasteiger partial charge in [0.2, 0.25) is 11.8 Å². The van der Waals surface area contributed by atoms with E-state index in [1.165, 1.54) is 6.92 Å². The molecule has 2 atom stereocenters. The number of hydrogen-bond donors (Lipinski definition) is 1. The number of piperazine rings is 1. The van der Waals surface area contributed by atoms with Crippen molar-refractivity contribution in [1.82, 2.24) is 15.1 Å². The molecule has 2 heterocycles. The quantitative estimate of drug-likeness (QED) is 0.916. The zero-order valence-electron chi connectivity index (χ0n) is 12.8. The first-order valence-corrected chi connectivity index (χ1v) is 8.14. The molecular weight excluding hydrogens is 286 g/mol. The van der Waals surface area contributed by atoms with Crippen LogP contribution in [0.25, 0.3) is 0 Å². The van der Waals surface area contributed by atoms with E-state index in [-0.39, 0.29) is 23.9 Å². The van der Waals surface area contributed by atoms with Crippen LogP contribution in [0.1, 0.15) is 31.2 Å². The maximum Gasteiger partial charge on any atom is 0.225 e. The fourth-order valence-corrected chi connectivity index (χ4v) is 3.54. The third-order valence-electron chi connectivity index (χ3n) is 3.79. The zero-order chi connectivity index (χ0) is 15.4. The van der Waals surface area contributed by atoms with Crippen molar-refractivity contribution in [2.45, 2.75) is 32.4 Å². The molecule has 0 saturated carbocycles. The molecule has 2 rings (SSSR count). The molecule has 21 heavy (non-hydrogen) atoms. The van der Waals surface area contributed by atoms with Crippen LogP contribution in [0.2, 0.25) is 0 Å². The highest BCUT2D eigenvalue weighted by molar-refractivity contribution is 7.10. The summed E-state index contributed by atoms with van der Waals surface area (Å²) in [6, 6.07) is 3.91. The van der Waals surface area contributed by atoms with Crippen LogP contribution in [-0.4, -0.2) is 54.3 Å². The second-order valence-corrected chi connectivity index (χ2v) is 6.65. The molecule has 1 fully saturated rings. The maximum atomic E-state index is 12.6. The van der Waals surface area contributed by atoms with Gasteiger partial charge >= 0.3 is 0 Å². The summed E-state index contributed by atoms with van der Waals surface area (Å²) in [5.41, 5.74) is 0. The van der Waals surface area contributed by atoms with Gasteiger partial charge in [0.15, 0.2) is 0 Å². The average Bonchev–Trinajstić information content (AvgIpc) is 2.90. The highest BCUT2D eigenvalue weighted by Crippen LogP contribution is 2.23. The molecular formula is C15H23N3O2S. The summed E-state index contributed by atoms with van der Waals surface area (Å²) in [4.78, 5) is 29.1. The van der Waals surface area contributed by atoms with Crippen LogP contribution in [0.4, 0.5) is 0 Å². The lowest BCUT2D eigenvalue weighted by atomic mass is 10.1. The van der Waals surface area contributed by atoms with Gasteiger partial charge in [-0.1, -0.05) is 6.07 Å². The van der Waals surface area contributed by atoms with E-state index in [1.807, 2.05) is 22.4 Å². The van der Waals surface area contributed by atoms with E-state index < -0.39 is 0 Å². The Morgan fingerprint density at radius 3 is 2.81 bits per heavy atom. The summed E-state index contributed by atoms with van der Waals surface area (Å²) in [6.45, 7) is 6.12. The van der Waals surface area contributed by atoms with E-state index in [1.54, 1.807) is 11.3 Å². The van der Waals surface area contributed by atoms with Gasteiger partial charge in [0.25, 0.3) is 0 Å². The van der Waals surface area contributed by atoms with Crippen LogP contribution in [0.5, 0.6) is 0 Å². The van der Waals surface area contributed by atoms with Crippen molar-refractivity contribution in [2.75, 3.05) is 26.7 Å². The van der Waals surface area contributed by atoms with Gasteiger partial charge in [0.1, 0.15) is 0 Å². The summed E-state index contributed by atoms with van der Waals surface area (Å²) in [5.74, 6) is 0.00961. The van der Waals surface area contributed by atoms with Crippen LogP contribution >= 0.6 is 11.3 Å². The molecule has 1 aromatic rings. The van der Waals surface area contributed by atoms with Crippen molar-refractivity contribution in [3.05, 3.63) is 22.4 Å². The Labute approximate surface area is 129 Å². The summed E-state index contributed by atoms with van der Waals surface area (Å²) >= 11 is 1.57. The molecule has 0 aliphatic carbocycles. The minimum Gasteiger partial charge on any atom is -0.348 e. The monoisotopic (exact) mass is 309 g/mol. The number of amides is 2. The average molecular weight is 309 g/mol. The molecule has 0 aromatic carbocycles. The Hall–Kier alpha value is -1.40. The predicted molar refractivity (Wildman–Crippen MR) is 84.2 cm³/mol. The molecule has 1 N–H and O–H groups in total. The smallest absolute Gasteiger partial charge is 0.225 e. The van der Waals surface area contributed by atoms with Crippen LogP contribution in [0, 0.1) is 0 Å². The number of carbonyl (C=O) groups is 2. The van der Waals surface area contributed by atoms with E-state index in [2.05, 4.69) is 24.2 Å². The molecule has 0 radical (unpaired) electrons. The fraction of sp³-hybridized carbons (Fsp3) is 0.600. The molecule has 5 nitrogen and oxygen atoms in total. The third kappa shape index (κ3) is 4.28. The summed E-state index contributed by atoms with van der Waals surface area (Å²) in [6.07, 6.45) is 0.328. The summed E-state index contributed by atoms with van der Waals surface area (Å²) in [7, 11) is 2.07. The van der Waals surface area contributed by atoms with E-state index in [4.69, 9.17) is 0 Å². The topological polar surface area (TPSA) is 52.7 Å². The first-order chi connectivity index (χ1) is 9.97. The Bertz CT molecular complexity index is 489. The van der Waals surface area contributed by atoms with Crippen molar-refractivity contribution in [3.63, 3.8) is 0 Å². The molecule has 0 bridgehead atoms. The van der Waals surface area contributed by atoms with Gasteiger partial charge in [-0.15, -0.1) is 11.3 Å². The Kier molecular flexibility index (Phi) is 5.36. The van der Waals surface area contributed by atoms with Crippen LogP contribution in [0.3, 0.4) is 0 Å². The van der Waals surface area contributed by atoms with Gasteiger partial charge < -0.3 is 15.1 Å². The second-order valence-electron chi connectivity index (χ2n) is 5.67. The van der Waals surface area contributed by atoms with Crippen molar-refractivity contribution >= 4 is 23.2 Å². The SMILES string of the molecule is CC(=O)N[C@H](CC(=O)N1CCN(C)C[C@H]1C)c1cccs1. The van der Waals surface area contributed by atoms with Crippen molar-refractivity contribution in [1.29, 1.82) is 0 Å². The lowest BCUT2D eigenvalue weighted by Crippen LogP contribution is -2.53. The van der Waals surface area contributed by atoms with Gasteiger partial charge in [-0.25, -0.2) is 0 Å². The standard InChI is InChI=1S/C15H23N3O2S/c1-11-10-17(3)6-7-18(11)15(20)9-13(16-12(2)19)14-5-4-8-21-14/h4-5,8,11,13H,6-7,9-10H2,1-3H3,(H,16,19)/t11-,13-/m1/s1. The van der Waals surface area contributed by atoms with Crippen LogP contribution < -0.4 is 5.32 Å². The van der Waals surface area contributed by atoms with Gasteiger partial charge in [0, 0.05) is 37.5 Å². The number of nitrogens with zero attached hydrogens (tertiary/aromatic N) is 2. The van der Waals surface area contributed by atoms with E-state index >= 15 is 0 Å². The second kappa shape index (κ2) is 7.04. The highest BCUT2D eigenvalue weighted by atomic mass is 32.1. The number of thiophene rings is 1. The van der Waals surface area contributed by atoms with Crippen molar-refractivity contribution in [2.24, 2.45) is 0 Å². The first kappa shape index (κ1) is 16.0. The Morgan fingerprint density at radius 1 is 1.48 bits per heavy atom. The van der Waals surface area contributed by atoms with E-state index in [0.29, 0.717) is 6.42 Å². The minimum atomic E-state index is -0.221. The normalized spacial score (nSPS) is 21.1. The minimum absolute atomic E-state index is 0.104. The van der Waals surface area contributed by atoms with E-state index in [0.717, 1.165) is 24.5 Å². The maximum absolute atomic E-state index is 12.6. The third-order valence-corrected chi connectivity index (χ3v) is 4.78. The van der Waals surface area contributed by atoms with Crippen LogP contribution in [-0.2, 0) is 9.59 Å². The molecule has 2 amide bonds. The molecule has 1 aliphatic rings. The first-order valence-electron chi connectivity index (χ1n) is 7.26. The lowest BCUT2D eigenvalue weighted by molar-refractivity contribution is -0.136. The number of nitrogens with one attached hydrogen (secondary N) is 1. The predicted octanol–water partition coefficient (Wildman–Crippen LogP) is 1.48. The Balaban J connectivity index is 2.02. The molecule has 1 aliphatic heterocycles. The fourth-order valence-electron chi connectivity index (χ4n) is 2.76. The van der Waals surface area contributed by atoms with Gasteiger partial charge in [-0.05, 0) is 25.4 Å². The summed E-state index contributed by atoms with van der Waals surface area (Å²) < 4.78 is 0. The molecule has 1 saturated heterocycles. The molecule has 6 heteroatoms.